The Morgan fingerprint density at radius 2 is 1.89 bits per heavy atom. The van der Waals surface area contributed by atoms with E-state index >= 15 is 0 Å². The summed E-state index contributed by atoms with van der Waals surface area (Å²) < 4.78 is 1.88. The van der Waals surface area contributed by atoms with Crippen molar-refractivity contribution in [1.29, 1.82) is 15.8 Å². The lowest BCUT2D eigenvalue weighted by atomic mass is 9.73. The van der Waals surface area contributed by atoms with Crippen LogP contribution in [0.3, 0.4) is 0 Å². The Labute approximate surface area is 208 Å². The lowest BCUT2D eigenvalue weighted by Crippen LogP contribution is -2.31. The Balaban J connectivity index is 1.22. The molecular weight excluding hydrogens is 454 g/mol. The molecule has 1 amide bonds. The van der Waals surface area contributed by atoms with Gasteiger partial charge in [-0.3, -0.25) is 9.48 Å². The highest BCUT2D eigenvalue weighted by Gasteiger charge is 2.37. The molecule has 3 aromatic rings. The SMILES string of the molecule is N#CC1CCN(C(=O)c2ccc(Nc3nccc(-c4cnn(C5CC(C(C#N)C#N)C5)c4)n3)cc2)C1. The van der Waals surface area contributed by atoms with Crippen molar-refractivity contribution in [2.75, 3.05) is 18.4 Å². The van der Waals surface area contributed by atoms with E-state index in [4.69, 9.17) is 15.8 Å². The van der Waals surface area contributed by atoms with Gasteiger partial charge in [0.2, 0.25) is 5.95 Å². The molecule has 5 rings (SSSR count). The number of benzene rings is 1. The number of nitrogens with zero attached hydrogens (tertiary/aromatic N) is 8. The van der Waals surface area contributed by atoms with Gasteiger partial charge in [-0.15, -0.1) is 0 Å². The van der Waals surface area contributed by atoms with E-state index in [1.807, 2.05) is 29.1 Å². The fraction of sp³-hybridized carbons (Fsp3) is 0.346. The molecular formula is C26H23N9O. The number of hydrogen-bond donors (Lipinski definition) is 1. The van der Waals surface area contributed by atoms with Crippen LogP contribution in [0.1, 0.15) is 35.7 Å². The second kappa shape index (κ2) is 9.85. The van der Waals surface area contributed by atoms with Gasteiger partial charge >= 0.3 is 0 Å². The third-order valence-corrected chi connectivity index (χ3v) is 6.87. The molecule has 1 N–H and O–H groups in total. The lowest BCUT2D eigenvalue weighted by Gasteiger charge is -2.35. The maximum absolute atomic E-state index is 12.7. The van der Waals surface area contributed by atoms with Crippen LogP contribution in [0.25, 0.3) is 11.3 Å². The molecule has 1 atom stereocenters. The number of amides is 1. The zero-order valence-electron chi connectivity index (χ0n) is 19.4. The molecule has 2 fully saturated rings. The van der Waals surface area contributed by atoms with Crippen LogP contribution in [0, 0.1) is 51.7 Å². The number of anilines is 2. The Bertz CT molecular complexity index is 1370. The highest BCUT2D eigenvalue weighted by Crippen LogP contribution is 2.42. The Hall–Kier alpha value is -4.75. The summed E-state index contributed by atoms with van der Waals surface area (Å²) in [7, 11) is 0. The minimum absolute atomic E-state index is 0.0666. The van der Waals surface area contributed by atoms with E-state index in [0.29, 0.717) is 24.6 Å². The number of nitrogens with one attached hydrogen (secondary N) is 1. The predicted octanol–water partition coefficient (Wildman–Crippen LogP) is 3.68. The number of aromatic nitrogens is 4. The normalized spacial score (nSPS) is 20.7. The third-order valence-electron chi connectivity index (χ3n) is 6.87. The second-order valence-electron chi connectivity index (χ2n) is 9.16. The highest BCUT2D eigenvalue weighted by molar-refractivity contribution is 5.94. The summed E-state index contributed by atoms with van der Waals surface area (Å²) in [5.41, 5.74) is 2.90. The standard InChI is InChI=1S/C26H23N9O/c27-11-17-6-8-34(15-17)25(36)18-1-3-22(4-2-18)32-26-30-7-5-24(33-26)21-14-31-35(16-21)23-9-19(10-23)20(12-28)13-29/h1-5,7,14,16-17,19-20,23H,6,8-10,15H2,(H,30,32,33). The van der Waals surface area contributed by atoms with Crippen LogP contribution in [-0.2, 0) is 0 Å². The van der Waals surface area contributed by atoms with Crippen molar-refractivity contribution < 1.29 is 4.79 Å². The highest BCUT2D eigenvalue weighted by atomic mass is 16.2. The second-order valence-corrected chi connectivity index (χ2v) is 9.16. The minimum atomic E-state index is -0.560. The van der Waals surface area contributed by atoms with Crippen molar-refractivity contribution in [2.45, 2.75) is 25.3 Å². The Kier molecular flexibility index (Phi) is 6.30. The first-order valence-corrected chi connectivity index (χ1v) is 11.8. The van der Waals surface area contributed by atoms with Gasteiger partial charge in [-0.2, -0.15) is 20.9 Å². The van der Waals surface area contributed by atoms with Crippen LogP contribution in [0.4, 0.5) is 11.6 Å². The van der Waals surface area contributed by atoms with Gasteiger partial charge in [-0.1, -0.05) is 0 Å². The molecule has 1 aliphatic carbocycles. The summed E-state index contributed by atoms with van der Waals surface area (Å²) >= 11 is 0. The van der Waals surface area contributed by atoms with Crippen molar-refractivity contribution in [1.82, 2.24) is 24.6 Å². The smallest absolute Gasteiger partial charge is 0.253 e. The van der Waals surface area contributed by atoms with Gasteiger partial charge in [0.05, 0.1) is 42.1 Å². The molecule has 1 unspecified atom stereocenters. The van der Waals surface area contributed by atoms with Crippen LogP contribution in [0.2, 0.25) is 0 Å². The van der Waals surface area contributed by atoms with Crippen molar-refractivity contribution >= 4 is 17.5 Å². The molecule has 1 aromatic carbocycles. The Morgan fingerprint density at radius 3 is 2.58 bits per heavy atom. The summed E-state index contributed by atoms with van der Waals surface area (Å²) in [6, 6.07) is 15.5. The molecule has 36 heavy (non-hydrogen) atoms. The number of likely N-dealkylation sites (tertiary alicyclic amines) is 1. The van der Waals surface area contributed by atoms with Crippen LogP contribution in [0.5, 0.6) is 0 Å². The van der Waals surface area contributed by atoms with Crippen molar-refractivity contribution in [2.24, 2.45) is 17.8 Å². The molecule has 1 saturated heterocycles. The first-order chi connectivity index (χ1) is 17.6. The van der Waals surface area contributed by atoms with Crippen molar-refractivity contribution in [3.8, 4) is 29.5 Å². The molecule has 2 aromatic heterocycles. The third kappa shape index (κ3) is 4.60. The average Bonchev–Trinajstić information content (AvgIpc) is 3.56. The first-order valence-electron chi connectivity index (χ1n) is 11.8. The number of hydrogen-bond acceptors (Lipinski definition) is 8. The fourth-order valence-electron chi connectivity index (χ4n) is 4.67. The predicted molar refractivity (Wildman–Crippen MR) is 129 cm³/mol. The van der Waals surface area contributed by atoms with Crippen molar-refractivity contribution in [3.63, 3.8) is 0 Å². The number of nitriles is 3. The molecule has 0 bridgehead atoms. The van der Waals surface area contributed by atoms with E-state index in [1.165, 1.54) is 0 Å². The van der Waals surface area contributed by atoms with Gasteiger partial charge in [0.25, 0.3) is 5.91 Å². The van der Waals surface area contributed by atoms with Crippen LogP contribution in [-0.4, -0.2) is 43.6 Å². The van der Waals surface area contributed by atoms with E-state index in [-0.39, 0.29) is 23.8 Å². The van der Waals surface area contributed by atoms with E-state index < -0.39 is 5.92 Å². The summed E-state index contributed by atoms with van der Waals surface area (Å²) in [6.07, 6.45) is 7.59. The number of rotatable bonds is 6. The lowest BCUT2D eigenvalue weighted by molar-refractivity contribution is 0.0790. The maximum Gasteiger partial charge on any atom is 0.253 e. The molecule has 1 saturated carbocycles. The quantitative estimate of drug-likeness (QED) is 0.565. The van der Waals surface area contributed by atoms with E-state index in [9.17, 15) is 4.79 Å². The summed E-state index contributed by atoms with van der Waals surface area (Å²) in [5.74, 6) is -0.195. The Morgan fingerprint density at radius 1 is 1.11 bits per heavy atom. The van der Waals surface area contributed by atoms with E-state index in [0.717, 1.165) is 36.2 Å². The molecule has 10 nitrogen and oxygen atoms in total. The van der Waals surface area contributed by atoms with Gasteiger partial charge < -0.3 is 10.2 Å². The monoisotopic (exact) mass is 477 g/mol. The van der Waals surface area contributed by atoms with Crippen LogP contribution < -0.4 is 5.32 Å². The number of carbonyl (C=O) groups is 1. The molecule has 1 aliphatic heterocycles. The van der Waals surface area contributed by atoms with Crippen LogP contribution in [0.15, 0.2) is 48.9 Å². The molecule has 2 aliphatic rings. The molecule has 10 heteroatoms. The van der Waals surface area contributed by atoms with Gasteiger partial charge in [0.15, 0.2) is 0 Å². The van der Waals surface area contributed by atoms with Crippen LogP contribution >= 0.6 is 0 Å². The molecule has 3 heterocycles. The van der Waals surface area contributed by atoms with Gasteiger partial charge in [0, 0.05) is 42.3 Å². The fourth-order valence-corrected chi connectivity index (χ4v) is 4.67. The van der Waals surface area contributed by atoms with E-state index in [2.05, 4.69) is 38.6 Å². The average molecular weight is 478 g/mol. The topological polar surface area (TPSA) is 147 Å². The van der Waals surface area contributed by atoms with E-state index in [1.54, 1.807) is 29.4 Å². The van der Waals surface area contributed by atoms with Gasteiger partial charge in [0.1, 0.15) is 5.92 Å². The van der Waals surface area contributed by atoms with Gasteiger partial charge in [-0.05, 0) is 55.5 Å². The minimum Gasteiger partial charge on any atom is -0.337 e. The molecule has 0 spiro atoms. The summed E-state index contributed by atoms with van der Waals surface area (Å²) in [6.45, 7) is 1.09. The summed E-state index contributed by atoms with van der Waals surface area (Å²) in [5, 5.41) is 34.8. The molecule has 0 radical (unpaired) electrons. The molecule has 178 valence electrons. The zero-order chi connectivity index (χ0) is 25.1. The summed E-state index contributed by atoms with van der Waals surface area (Å²) in [4.78, 5) is 23.3. The maximum atomic E-state index is 12.7. The largest absolute Gasteiger partial charge is 0.337 e. The van der Waals surface area contributed by atoms with Gasteiger partial charge in [-0.25, -0.2) is 9.97 Å². The van der Waals surface area contributed by atoms with Crippen molar-refractivity contribution in [3.05, 3.63) is 54.5 Å². The zero-order valence-corrected chi connectivity index (χ0v) is 19.4. The first kappa shape index (κ1) is 23.0. The number of carbonyl (C=O) groups excluding carboxylic acids is 1.